The van der Waals surface area contributed by atoms with E-state index in [1.165, 1.54) is 0 Å². The Morgan fingerprint density at radius 3 is 2.54 bits per heavy atom. The highest BCUT2D eigenvalue weighted by Crippen LogP contribution is 2.22. The van der Waals surface area contributed by atoms with Crippen LogP contribution in [-0.2, 0) is 16.6 Å². The summed E-state index contributed by atoms with van der Waals surface area (Å²) in [5.41, 5.74) is 2.40. The van der Waals surface area contributed by atoms with Gasteiger partial charge in [0.05, 0.1) is 11.4 Å². The van der Waals surface area contributed by atoms with Gasteiger partial charge in [0.1, 0.15) is 5.69 Å². The van der Waals surface area contributed by atoms with E-state index in [2.05, 4.69) is 26.0 Å². The molecule has 0 saturated carbocycles. The van der Waals surface area contributed by atoms with E-state index in [1.807, 2.05) is 17.7 Å². The molecule has 24 heavy (non-hydrogen) atoms. The highest BCUT2D eigenvalue weighted by molar-refractivity contribution is 9.10. The number of hydrogen-bond acceptors (Lipinski definition) is 3. The van der Waals surface area contributed by atoms with Gasteiger partial charge in [-0.05, 0) is 66.5 Å². The number of benzene rings is 1. The van der Waals surface area contributed by atoms with Crippen LogP contribution in [0.4, 0.5) is 11.4 Å². The van der Waals surface area contributed by atoms with Gasteiger partial charge < -0.3 is 9.88 Å². The fourth-order valence-electron chi connectivity index (χ4n) is 2.22. The summed E-state index contributed by atoms with van der Waals surface area (Å²) in [6.45, 7) is 6.01. The third-order valence-electron chi connectivity index (χ3n) is 3.57. The maximum atomic E-state index is 12.4. The normalized spacial score (nSPS) is 11.3. The third-order valence-corrected chi connectivity index (χ3v) is 5.29. The predicted molar refractivity (Wildman–Crippen MR) is 100 cm³/mol. The lowest BCUT2D eigenvalue weighted by atomic mass is 10.2. The first-order valence-corrected chi connectivity index (χ1v) is 9.98. The fourth-order valence-corrected chi connectivity index (χ4v) is 3.39. The summed E-state index contributed by atoms with van der Waals surface area (Å²) in [5, 5.41) is 2.83. The number of halogens is 1. The van der Waals surface area contributed by atoms with Crippen LogP contribution in [0.15, 0.2) is 34.9 Å². The van der Waals surface area contributed by atoms with Crippen LogP contribution in [0.5, 0.6) is 0 Å². The molecule has 6 nitrogen and oxygen atoms in total. The lowest BCUT2D eigenvalue weighted by Crippen LogP contribution is -2.17. The molecule has 0 aliphatic rings. The Kier molecular flexibility index (Phi) is 5.71. The largest absolute Gasteiger partial charge is 0.343 e. The number of carbonyl (C=O) groups excluding carboxylic acids is 1. The van der Waals surface area contributed by atoms with Crippen molar-refractivity contribution in [3.8, 4) is 0 Å². The quantitative estimate of drug-likeness (QED) is 0.758. The van der Waals surface area contributed by atoms with E-state index in [0.717, 1.165) is 10.0 Å². The molecule has 0 aliphatic carbocycles. The van der Waals surface area contributed by atoms with Crippen molar-refractivity contribution in [3.05, 3.63) is 46.2 Å². The zero-order chi connectivity index (χ0) is 17.9. The van der Waals surface area contributed by atoms with E-state index in [1.54, 1.807) is 38.1 Å². The van der Waals surface area contributed by atoms with Gasteiger partial charge in [-0.1, -0.05) is 0 Å². The molecule has 2 N–H and O–H groups in total. The van der Waals surface area contributed by atoms with E-state index >= 15 is 0 Å². The minimum absolute atomic E-state index is 0.00775. The van der Waals surface area contributed by atoms with E-state index in [9.17, 15) is 13.2 Å². The molecule has 0 bridgehead atoms. The summed E-state index contributed by atoms with van der Waals surface area (Å²) >= 11 is 3.37. The molecule has 1 aromatic heterocycles. The van der Waals surface area contributed by atoms with Gasteiger partial charge in [0.2, 0.25) is 10.0 Å². The van der Waals surface area contributed by atoms with Gasteiger partial charge in [0.25, 0.3) is 5.91 Å². The summed E-state index contributed by atoms with van der Waals surface area (Å²) in [6.07, 6.45) is 1.85. The lowest BCUT2D eigenvalue weighted by Gasteiger charge is -2.12. The van der Waals surface area contributed by atoms with Gasteiger partial charge in [0.15, 0.2) is 0 Å². The molecule has 0 spiro atoms. The highest BCUT2D eigenvalue weighted by Gasteiger charge is 2.14. The molecule has 2 rings (SSSR count). The van der Waals surface area contributed by atoms with Crippen molar-refractivity contribution in [1.82, 2.24) is 4.57 Å². The lowest BCUT2D eigenvalue weighted by molar-refractivity contribution is 0.101. The first kappa shape index (κ1) is 18.5. The molecule has 0 aliphatic heterocycles. The summed E-state index contributed by atoms with van der Waals surface area (Å²) < 4.78 is 28.5. The molecule has 2 aromatic rings. The van der Waals surface area contributed by atoms with Gasteiger partial charge >= 0.3 is 0 Å². The van der Waals surface area contributed by atoms with Gasteiger partial charge in [-0.3, -0.25) is 9.52 Å². The van der Waals surface area contributed by atoms with Gasteiger partial charge in [-0.25, -0.2) is 8.42 Å². The van der Waals surface area contributed by atoms with Crippen molar-refractivity contribution < 1.29 is 13.2 Å². The molecule has 8 heteroatoms. The van der Waals surface area contributed by atoms with Gasteiger partial charge in [-0.2, -0.15) is 0 Å². The van der Waals surface area contributed by atoms with Gasteiger partial charge in [0, 0.05) is 22.9 Å². The molecule has 130 valence electrons. The Labute approximate surface area is 150 Å². The van der Waals surface area contributed by atoms with Crippen LogP contribution in [0.3, 0.4) is 0 Å². The van der Waals surface area contributed by atoms with Crippen LogP contribution >= 0.6 is 15.9 Å². The molecule has 0 atom stereocenters. The minimum Gasteiger partial charge on any atom is -0.343 e. The molecular formula is C16H20BrN3O3S. The second-order valence-corrected chi connectivity index (χ2v) is 8.25. The monoisotopic (exact) mass is 413 g/mol. The van der Waals surface area contributed by atoms with Gasteiger partial charge in [-0.15, -0.1) is 0 Å². The Morgan fingerprint density at radius 1 is 1.25 bits per heavy atom. The minimum atomic E-state index is -3.33. The molecule has 1 heterocycles. The summed E-state index contributed by atoms with van der Waals surface area (Å²) in [6, 6.07) is 6.81. The number of sulfonamides is 1. The molecule has 0 radical (unpaired) electrons. The molecule has 0 unspecified atom stereocenters. The third kappa shape index (κ3) is 4.39. The molecule has 0 fully saturated rings. The standard InChI is InChI=1S/C16H20BrN3O3S/c1-4-20-10-12(17)9-15(20)16(21)18-13-6-7-14(11(3)8-13)19-24(22,23)5-2/h6-10,19H,4-5H2,1-3H3,(H,18,21). The zero-order valence-electron chi connectivity index (χ0n) is 13.8. The average molecular weight is 414 g/mol. The number of nitrogens with one attached hydrogen (secondary N) is 2. The second-order valence-electron chi connectivity index (χ2n) is 5.32. The number of aryl methyl sites for hydroxylation is 2. The van der Waals surface area contributed by atoms with Crippen LogP contribution in [0, 0.1) is 6.92 Å². The van der Waals surface area contributed by atoms with E-state index in [4.69, 9.17) is 0 Å². The number of aromatic nitrogens is 1. The average Bonchev–Trinajstić information content (AvgIpc) is 2.91. The number of carbonyl (C=O) groups is 1. The van der Waals surface area contributed by atoms with Crippen LogP contribution in [0.2, 0.25) is 0 Å². The second kappa shape index (κ2) is 7.40. The van der Waals surface area contributed by atoms with Crippen molar-refractivity contribution >= 4 is 43.2 Å². The zero-order valence-corrected chi connectivity index (χ0v) is 16.2. The molecule has 1 amide bonds. The van der Waals surface area contributed by atoms with Crippen LogP contribution in [-0.4, -0.2) is 24.6 Å². The number of rotatable bonds is 6. The number of anilines is 2. The SMILES string of the molecule is CCn1cc(Br)cc1C(=O)Nc1ccc(NS(=O)(=O)CC)c(C)c1. The molecular weight excluding hydrogens is 394 g/mol. The molecule has 1 aromatic carbocycles. The van der Waals surface area contributed by atoms with E-state index < -0.39 is 10.0 Å². The summed E-state index contributed by atoms with van der Waals surface area (Å²) in [5.74, 6) is -0.211. The van der Waals surface area contributed by atoms with Crippen molar-refractivity contribution in [2.45, 2.75) is 27.3 Å². The van der Waals surface area contributed by atoms with E-state index in [-0.39, 0.29) is 11.7 Å². The van der Waals surface area contributed by atoms with Crippen molar-refractivity contribution in [2.75, 3.05) is 15.8 Å². The predicted octanol–water partition coefficient (Wildman–Crippen LogP) is 3.59. The number of nitrogens with zero attached hydrogens (tertiary/aromatic N) is 1. The van der Waals surface area contributed by atoms with Crippen LogP contribution in [0.1, 0.15) is 29.9 Å². The Bertz CT molecular complexity index is 859. The van der Waals surface area contributed by atoms with Crippen molar-refractivity contribution in [1.29, 1.82) is 0 Å². The van der Waals surface area contributed by atoms with Crippen molar-refractivity contribution in [2.24, 2.45) is 0 Å². The van der Waals surface area contributed by atoms with Crippen LogP contribution < -0.4 is 10.0 Å². The summed E-state index contributed by atoms with van der Waals surface area (Å²) in [4.78, 5) is 12.4. The van der Waals surface area contributed by atoms with Crippen LogP contribution in [0.25, 0.3) is 0 Å². The Balaban J connectivity index is 2.19. The highest BCUT2D eigenvalue weighted by atomic mass is 79.9. The summed E-state index contributed by atoms with van der Waals surface area (Å²) in [7, 11) is -3.33. The topological polar surface area (TPSA) is 80.2 Å². The number of hydrogen-bond donors (Lipinski definition) is 2. The molecule has 0 saturated heterocycles. The fraction of sp³-hybridized carbons (Fsp3) is 0.312. The van der Waals surface area contributed by atoms with Crippen molar-refractivity contribution in [3.63, 3.8) is 0 Å². The number of amides is 1. The Morgan fingerprint density at radius 2 is 1.96 bits per heavy atom. The smallest absolute Gasteiger partial charge is 0.272 e. The van der Waals surface area contributed by atoms with E-state index in [0.29, 0.717) is 23.6 Å². The first-order chi connectivity index (χ1) is 11.3. The maximum Gasteiger partial charge on any atom is 0.272 e. The first-order valence-electron chi connectivity index (χ1n) is 7.54. The maximum absolute atomic E-state index is 12.4. The Hall–Kier alpha value is -1.80.